The normalized spacial score (nSPS) is 13.1. The van der Waals surface area contributed by atoms with Gasteiger partial charge in [-0.25, -0.2) is 0 Å². The quantitative estimate of drug-likeness (QED) is 0.933. The molecule has 2 aromatic carbocycles. The Morgan fingerprint density at radius 1 is 1.19 bits per heavy atom. The van der Waals surface area contributed by atoms with E-state index in [4.69, 9.17) is 0 Å². The first-order valence-corrected chi connectivity index (χ1v) is 6.34. The second-order valence-electron chi connectivity index (χ2n) is 4.58. The fourth-order valence-corrected chi connectivity index (χ4v) is 1.86. The van der Waals surface area contributed by atoms with E-state index in [1.807, 2.05) is 30.3 Å². The van der Waals surface area contributed by atoms with E-state index >= 15 is 0 Å². The molecule has 0 bridgehead atoms. The van der Waals surface area contributed by atoms with Gasteiger partial charge < -0.3 is 10.1 Å². The van der Waals surface area contributed by atoms with Gasteiger partial charge in [0.15, 0.2) is 0 Å². The summed E-state index contributed by atoms with van der Waals surface area (Å²) in [6.45, 7) is -0.163. The number of hydrogen-bond donors (Lipinski definition) is 1. The number of benzene rings is 2. The Morgan fingerprint density at radius 2 is 1.86 bits per heavy atom. The lowest BCUT2D eigenvalue weighted by Gasteiger charge is -2.15. The van der Waals surface area contributed by atoms with E-state index in [1.165, 1.54) is 6.92 Å². The highest BCUT2D eigenvalue weighted by atomic mass is 19.4. The molecule has 21 heavy (non-hydrogen) atoms. The monoisotopic (exact) mass is 297 g/mol. The summed E-state index contributed by atoms with van der Waals surface area (Å²) in [5.41, 5.74) is 0.542. The zero-order valence-corrected chi connectivity index (χ0v) is 11.3. The van der Waals surface area contributed by atoms with E-state index in [-0.39, 0.29) is 0 Å². The zero-order chi connectivity index (χ0) is 15.5. The first kappa shape index (κ1) is 15.3. The molecule has 1 amide bonds. The highest BCUT2D eigenvalue weighted by Gasteiger charge is 2.30. The Hall–Kier alpha value is -2.08. The summed E-state index contributed by atoms with van der Waals surface area (Å²) in [4.78, 5) is 11.9. The fourth-order valence-electron chi connectivity index (χ4n) is 1.86. The highest BCUT2D eigenvalue weighted by Crippen LogP contribution is 2.23. The lowest BCUT2D eigenvalue weighted by Crippen LogP contribution is -2.31. The molecule has 6 heteroatoms. The maximum atomic E-state index is 12.1. The molecule has 2 aromatic rings. The van der Waals surface area contributed by atoms with E-state index in [0.717, 1.165) is 10.8 Å². The highest BCUT2D eigenvalue weighted by molar-refractivity contribution is 6.03. The van der Waals surface area contributed by atoms with E-state index in [2.05, 4.69) is 10.1 Å². The van der Waals surface area contributed by atoms with Crippen LogP contribution in [0.5, 0.6) is 0 Å². The van der Waals surface area contributed by atoms with Gasteiger partial charge in [0.25, 0.3) is 5.91 Å². The molecular formula is C15H14F3NO2. The molecule has 3 nitrogen and oxygen atoms in total. The van der Waals surface area contributed by atoms with E-state index in [0.29, 0.717) is 5.69 Å². The Bertz CT molecular complexity index is 635. The van der Waals surface area contributed by atoms with Crippen LogP contribution >= 0.6 is 0 Å². The minimum Gasteiger partial charge on any atom is -0.359 e. The van der Waals surface area contributed by atoms with Gasteiger partial charge in [-0.1, -0.05) is 36.4 Å². The Labute approximate surface area is 119 Å². The summed E-state index contributed by atoms with van der Waals surface area (Å²) in [7, 11) is 0. The molecule has 0 saturated heterocycles. The first-order chi connectivity index (χ1) is 9.87. The summed E-state index contributed by atoms with van der Waals surface area (Å²) in [5.74, 6) is -0.615. The smallest absolute Gasteiger partial charge is 0.359 e. The first-order valence-electron chi connectivity index (χ1n) is 6.34. The minimum atomic E-state index is -4.45. The van der Waals surface area contributed by atoms with Crippen LogP contribution in [0.25, 0.3) is 10.8 Å². The van der Waals surface area contributed by atoms with Crippen LogP contribution in [0.15, 0.2) is 42.5 Å². The van der Waals surface area contributed by atoms with Crippen molar-refractivity contribution in [3.05, 3.63) is 42.5 Å². The SMILES string of the molecule is C[C@H](OCC(F)(F)F)C(=O)Nc1cccc2ccccc12. The maximum Gasteiger partial charge on any atom is 0.411 e. The molecular weight excluding hydrogens is 283 g/mol. The van der Waals surface area contributed by atoms with Gasteiger partial charge in [0.1, 0.15) is 12.7 Å². The van der Waals surface area contributed by atoms with Gasteiger partial charge in [0.2, 0.25) is 0 Å². The molecule has 0 radical (unpaired) electrons. The number of halogens is 3. The van der Waals surface area contributed by atoms with Crippen LogP contribution in [0.4, 0.5) is 18.9 Å². The van der Waals surface area contributed by atoms with Crippen LogP contribution in [0.2, 0.25) is 0 Å². The third kappa shape index (κ3) is 4.19. The number of carbonyl (C=O) groups is 1. The van der Waals surface area contributed by atoms with E-state index in [9.17, 15) is 18.0 Å². The zero-order valence-electron chi connectivity index (χ0n) is 11.3. The van der Waals surface area contributed by atoms with Gasteiger partial charge >= 0.3 is 6.18 Å². The average Bonchev–Trinajstić information content (AvgIpc) is 2.44. The number of fused-ring (bicyclic) bond motifs is 1. The predicted octanol–water partition coefficient (Wildman–Crippen LogP) is 3.75. The van der Waals surface area contributed by atoms with Crippen molar-refractivity contribution in [1.82, 2.24) is 0 Å². The number of amides is 1. The van der Waals surface area contributed by atoms with Crippen molar-refractivity contribution in [3.63, 3.8) is 0 Å². The van der Waals surface area contributed by atoms with Gasteiger partial charge in [-0.15, -0.1) is 0 Å². The number of hydrogen-bond acceptors (Lipinski definition) is 2. The Balaban J connectivity index is 2.08. The lowest BCUT2D eigenvalue weighted by molar-refractivity contribution is -0.184. The van der Waals surface area contributed by atoms with Gasteiger partial charge in [0.05, 0.1) is 0 Å². The molecule has 0 unspecified atom stereocenters. The van der Waals surface area contributed by atoms with E-state index in [1.54, 1.807) is 12.1 Å². The van der Waals surface area contributed by atoms with Gasteiger partial charge in [-0.05, 0) is 18.4 Å². The second kappa shape index (κ2) is 6.13. The van der Waals surface area contributed by atoms with Crippen LogP contribution in [-0.2, 0) is 9.53 Å². The van der Waals surface area contributed by atoms with Crippen molar-refractivity contribution in [2.75, 3.05) is 11.9 Å². The third-order valence-electron chi connectivity index (χ3n) is 2.91. The number of rotatable bonds is 4. The number of carbonyl (C=O) groups excluding carboxylic acids is 1. The van der Waals surface area contributed by atoms with Crippen LogP contribution in [0.1, 0.15) is 6.92 Å². The van der Waals surface area contributed by atoms with Gasteiger partial charge in [-0.3, -0.25) is 4.79 Å². The van der Waals surface area contributed by atoms with Crippen molar-refractivity contribution in [3.8, 4) is 0 Å². The molecule has 0 aliphatic carbocycles. The Morgan fingerprint density at radius 3 is 2.57 bits per heavy atom. The summed E-state index contributed by atoms with van der Waals surface area (Å²) in [5, 5.41) is 4.34. The van der Waals surface area contributed by atoms with Crippen molar-refractivity contribution in [1.29, 1.82) is 0 Å². The maximum absolute atomic E-state index is 12.1. The Kier molecular flexibility index (Phi) is 4.47. The second-order valence-corrected chi connectivity index (χ2v) is 4.58. The molecule has 0 aromatic heterocycles. The molecule has 1 atom stereocenters. The van der Waals surface area contributed by atoms with Crippen LogP contribution in [0.3, 0.4) is 0 Å². The molecule has 0 spiro atoms. The summed E-state index contributed by atoms with van der Waals surface area (Å²) >= 11 is 0. The molecule has 2 rings (SSSR count). The van der Waals surface area contributed by atoms with Crippen molar-refractivity contribution < 1.29 is 22.7 Å². The molecule has 0 aliphatic heterocycles. The van der Waals surface area contributed by atoms with Crippen molar-refractivity contribution in [2.24, 2.45) is 0 Å². The van der Waals surface area contributed by atoms with E-state index < -0.39 is 24.8 Å². The van der Waals surface area contributed by atoms with Gasteiger partial charge in [-0.2, -0.15) is 13.2 Å². The largest absolute Gasteiger partial charge is 0.411 e. The van der Waals surface area contributed by atoms with Crippen LogP contribution in [0, 0.1) is 0 Å². The number of ether oxygens (including phenoxy) is 1. The number of nitrogens with one attached hydrogen (secondary N) is 1. The third-order valence-corrected chi connectivity index (χ3v) is 2.91. The summed E-state index contributed by atoms with van der Waals surface area (Å²) in [6, 6.07) is 12.7. The number of alkyl halides is 3. The molecule has 0 aliphatic rings. The molecule has 0 fully saturated rings. The molecule has 0 heterocycles. The minimum absolute atomic E-state index is 0.542. The van der Waals surface area contributed by atoms with Gasteiger partial charge in [0, 0.05) is 11.1 Å². The van der Waals surface area contributed by atoms with Crippen LogP contribution in [-0.4, -0.2) is 24.8 Å². The summed E-state index contributed by atoms with van der Waals surface area (Å²) in [6.07, 6.45) is -5.64. The summed E-state index contributed by atoms with van der Waals surface area (Å²) < 4.78 is 40.7. The van der Waals surface area contributed by atoms with Crippen LogP contribution < -0.4 is 5.32 Å². The topological polar surface area (TPSA) is 38.3 Å². The molecule has 112 valence electrons. The predicted molar refractivity (Wildman–Crippen MR) is 74.0 cm³/mol. The number of anilines is 1. The molecule has 0 saturated carbocycles. The molecule has 1 N–H and O–H groups in total. The fraction of sp³-hybridized carbons (Fsp3) is 0.267. The lowest BCUT2D eigenvalue weighted by atomic mass is 10.1. The van der Waals surface area contributed by atoms with Crippen molar-refractivity contribution in [2.45, 2.75) is 19.2 Å². The average molecular weight is 297 g/mol. The van der Waals surface area contributed by atoms with Crippen molar-refractivity contribution >= 4 is 22.4 Å². The standard InChI is InChI=1S/C15H14F3NO2/c1-10(21-9-15(16,17)18)14(20)19-13-8-4-6-11-5-2-3-7-12(11)13/h2-8,10H,9H2,1H3,(H,19,20)/t10-/m0/s1.